The van der Waals surface area contributed by atoms with E-state index >= 15 is 0 Å². The molecule has 1 aliphatic carbocycles. The maximum absolute atomic E-state index is 14.3. The fraction of sp³-hybridized carbons (Fsp3) is 0.400. The van der Waals surface area contributed by atoms with E-state index in [1.807, 2.05) is 0 Å². The van der Waals surface area contributed by atoms with Crippen molar-refractivity contribution in [2.45, 2.75) is 49.4 Å². The number of amides is 3. The van der Waals surface area contributed by atoms with Crippen LogP contribution < -0.4 is 10.2 Å². The van der Waals surface area contributed by atoms with E-state index < -0.39 is 66.7 Å². The van der Waals surface area contributed by atoms with Crippen LogP contribution >= 0.6 is 11.6 Å². The summed E-state index contributed by atoms with van der Waals surface area (Å²) >= 11 is 6.40. The lowest BCUT2D eigenvalue weighted by molar-refractivity contribution is -0.134. The highest BCUT2D eigenvalue weighted by molar-refractivity contribution is 6.31. The molecule has 37 heavy (non-hydrogen) atoms. The summed E-state index contributed by atoms with van der Waals surface area (Å²) in [4.78, 5) is 42.0. The van der Waals surface area contributed by atoms with Crippen LogP contribution in [0.5, 0.6) is 0 Å². The van der Waals surface area contributed by atoms with E-state index in [9.17, 15) is 32.7 Å². The summed E-state index contributed by atoms with van der Waals surface area (Å²) in [7, 11) is 1.12. The highest BCUT2D eigenvalue weighted by Crippen LogP contribution is 2.39. The number of halogens is 4. The third kappa shape index (κ3) is 5.52. The van der Waals surface area contributed by atoms with Crippen molar-refractivity contribution in [1.82, 2.24) is 10.2 Å². The van der Waals surface area contributed by atoms with E-state index in [0.717, 1.165) is 29.0 Å². The molecule has 4 rings (SSSR count). The Bertz CT molecular complexity index is 1190. The number of anilines is 1. The van der Waals surface area contributed by atoms with Gasteiger partial charge in [-0.05, 0) is 30.7 Å². The Labute approximate surface area is 215 Å². The summed E-state index contributed by atoms with van der Waals surface area (Å²) in [6, 6.07) is 7.13. The number of likely N-dealkylation sites (tertiary alicyclic amines) is 1. The lowest BCUT2D eigenvalue weighted by Crippen LogP contribution is -2.57. The van der Waals surface area contributed by atoms with Crippen molar-refractivity contribution in [2.75, 3.05) is 18.6 Å². The summed E-state index contributed by atoms with van der Waals surface area (Å²) in [6.07, 6.45) is -3.26. The third-order valence-electron chi connectivity index (χ3n) is 6.49. The molecular formula is C25H25ClF3N3O5. The van der Waals surface area contributed by atoms with Crippen LogP contribution in [0.1, 0.15) is 30.9 Å². The predicted molar refractivity (Wildman–Crippen MR) is 128 cm³/mol. The molecule has 8 nitrogen and oxygen atoms in total. The van der Waals surface area contributed by atoms with Crippen molar-refractivity contribution >= 4 is 35.2 Å². The van der Waals surface area contributed by atoms with Gasteiger partial charge in [0.2, 0.25) is 5.91 Å². The second-order valence-corrected chi connectivity index (χ2v) is 9.45. The number of nitrogens with one attached hydrogen (secondary N) is 1. The molecule has 2 N–H and O–H groups in total. The molecule has 0 aromatic heterocycles. The second kappa shape index (κ2) is 10.6. The molecule has 2 aromatic rings. The molecule has 0 radical (unpaired) electrons. The van der Waals surface area contributed by atoms with E-state index in [-0.39, 0.29) is 29.2 Å². The van der Waals surface area contributed by atoms with Crippen molar-refractivity contribution in [3.05, 3.63) is 64.9 Å². The lowest BCUT2D eigenvalue weighted by Gasteiger charge is -2.39. The highest BCUT2D eigenvalue weighted by atomic mass is 35.5. The van der Waals surface area contributed by atoms with E-state index in [0.29, 0.717) is 0 Å². The van der Waals surface area contributed by atoms with Gasteiger partial charge in [-0.3, -0.25) is 19.4 Å². The van der Waals surface area contributed by atoms with Crippen LogP contribution in [0.3, 0.4) is 0 Å². The number of ether oxygens (including phenoxy) is 1. The number of aliphatic hydroxyl groups is 1. The normalized spacial score (nSPS) is 21.6. The topological polar surface area (TPSA) is 99.2 Å². The van der Waals surface area contributed by atoms with Crippen LogP contribution in [-0.4, -0.2) is 65.7 Å². The fourth-order valence-electron chi connectivity index (χ4n) is 4.71. The number of aliphatic hydroxyl groups excluding tert-OH is 1. The monoisotopic (exact) mass is 539 g/mol. The minimum atomic E-state index is -2.91. The van der Waals surface area contributed by atoms with Crippen molar-refractivity contribution in [3.8, 4) is 0 Å². The minimum Gasteiger partial charge on any atom is -0.453 e. The number of benzene rings is 2. The van der Waals surface area contributed by atoms with Crippen LogP contribution in [0.4, 0.5) is 23.7 Å². The Balaban J connectivity index is 1.82. The first-order valence-electron chi connectivity index (χ1n) is 11.6. The average Bonchev–Trinajstić information content (AvgIpc) is 3.22. The first-order chi connectivity index (χ1) is 17.5. The quantitative estimate of drug-likeness (QED) is 0.584. The molecule has 2 aliphatic rings. The number of hydrogen-bond donors (Lipinski definition) is 2. The van der Waals surface area contributed by atoms with Crippen molar-refractivity contribution in [2.24, 2.45) is 0 Å². The number of alkyl halides is 2. The molecular weight excluding hydrogens is 515 g/mol. The van der Waals surface area contributed by atoms with Gasteiger partial charge in [-0.25, -0.2) is 18.0 Å². The van der Waals surface area contributed by atoms with E-state index in [2.05, 4.69) is 5.32 Å². The Morgan fingerprint density at radius 2 is 1.89 bits per heavy atom. The zero-order valence-electron chi connectivity index (χ0n) is 19.7. The van der Waals surface area contributed by atoms with E-state index in [1.54, 1.807) is 12.1 Å². The van der Waals surface area contributed by atoms with Gasteiger partial charge in [-0.1, -0.05) is 35.9 Å². The summed E-state index contributed by atoms with van der Waals surface area (Å²) in [5, 5.41) is 13.3. The average molecular weight is 540 g/mol. The zero-order chi connectivity index (χ0) is 26.9. The maximum Gasteiger partial charge on any atom is 0.410 e. The molecule has 2 fully saturated rings. The van der Waals surface area contributed by atoms with E-state index in [1.165, 1.54) is 24.3 Å². The van der Waals surface area contributed by atoms with Gasteiger partial charge in [-0.2, -0.15) is 0 Å². The molecule has 1 saturated carbocycles. The first kappa shape index (κ1) is 26.7. The molecule has 198 valence electrons. The lowest BCUT2D eigenvalue weighted by atomic mass is 9.87. The number of carbonyl (C=O) groups excluding carboxylic acids is 3. The molecule has 3 unspecified atom stereocenters. The number of rotatable bonds is 6. The molecule has 3 atom stereocenters. The molecule has 1 heterocycles. The van der Waals surface area contributed by atoms with Gasteiger partial charge in [0.25, 0.3) is 11.8 Å². The van der Waals surface area contributed by atoms with Crippen LogP contribution in [0.15, 0.2) is 48.5 Å². The van der Waals surface area contributed by atoms with Crippen LogP contribution in [-0.2, 0) is 14.3 Å². The van der Waals surface area contributed by atoms with Gasteiger partial charge in [0, 0.05) is 41.7 Å². The summed E-state index contributed by atoms with van der Waals surface area (Å²) in [6.45, 7) is 0.00134. The van der Waals surface area contributed by atoms with Gasteiger partial charge in [0.05, 0.1) is 13.2 Å². The van der Waals surface area contributed by atoms with Crippen LogP contribution in [0.2, 0.25) is 5.02 Å². The van der Waals surface area contributed by atoms with Gasteiger partial charge >= 0.3 is 6.09 Å². The van der Waals surface area contributed by atoms with Crippen molar-refractivity contribution in [1.29, 1.82) is 0 Å². The number of methoxy groups -OCH3 is 1. The molecule has 1 aliphatic heterocycles. The summed E-state index contributed by atoms with van der Waals surface area (Å²) in [5.41, 5.74) is 0.0791. The van der Waals surface area contributed by atoms with Gasteiger partial charge in [0.1, 0.15) is 17.9 Å². The molecule has 0 bridgehead atoms. The Morgan fingerprint density at radius 3 is 2.51 bits per heavy atom. The highest BCUT2D eigenvalue weighted by Gasteiger charge is 2.49. The largest absolute Gasteiger partial charge is 0.453 e. The van der Waals surface area contributed by atoms with Crippen molar-refractivity contribution < 1.29 is 37.4 Å². The number of hydrogen-bond acceptors (Lipinski definition) is 5. The van der Waals surface area contributed by atoms with Crippen LogP contribution in [0.25, 0.3) is 0 Å². The van der Waals surface area contributed by atoms with Gasteiger partial charge < -0.3 is 15.2 Å². The Morgan fingerprint density at radius 1 is 1.19 bits per heavy atom. The maximum atomic E-state index is 14.3. The zero-order valence-corrected chi connectivity index (χ0v) is 20.5. The molecule has 3 amide bonds. The second-order valence-electron chi connectivity index (χ2n) is 9.05. The molecule has 2 aromatic carbocycles. The summed E-state index contributed by atoms with van der Waals surface area (Å²) < 4.78 is 46.0. The fourth-order valence-corrected chi connectivity index (χ4v) is 4.94. The Kier molecular flexibility index (Phi) is 7.65. The van der Waals surface area contributed by atoms with E-state index in [4.69, 9.17) is 16.3 Å². The molecule has 1 saturated heterocycles. The first-order valence-corrected chi connectivity index (χ1v) is 11.9. The SMILES string of the molecule is COC(=O)N1CCC(O)C1C(=O)N(c1cccc(F)c1)C(C(=O)NC1CC(F)(F)C1)c1ccccc1Cl. The summed E-state index contributed by atoms with van der Waals surface area (Å²) in [5.74, 6) is -5.36. The third-order valence-corrected chi connectivity index (χ3v) is 6.84. The number of carbonyl (C=O) groups is 3. The predicted octanol–water partition coefficient (Wildman–Crippen LogP) is 3.67. The minimum absolute atomic E-state index is 0.00134. The smallest absolute Gasteiger partial charge is 0.410 e. The molecule has 0 spiro atoms. The molecule has 12 heteroatoms. The standard InChI is InChI=1S/C25H25ClF3N3O5/c1-37-24(36)31-10-9-19(33)21(31)23(35)32(16-6-4-5-14(27)11-16)20(17-7-2-3-8-18(17)26)22(34)30-15-12-25(28,29)13-15/h2-8,11,15,19-21,33H,9-10,12-13H2,1H3,(H,30,34). The van der Waals surface area contributed by atoms with Gasteiger partial charge in [0.15, 0.2) is 0 Å². The van der Waals surface area contributed by atoms with Gasteiger partial charge in [-0.15, -0.1) is 0 Å². The Hall–Kier alpha value is -3.31. The van der Waals surface area contributed by atoms with Crippen LogP contribution in [0, 0.1) is 5.82 Å². The number of nitrogens with zero attached hydrogens (tertiary/aromatic N) is 2. The van der Waals surface area contributed by atoms with Crippen molar-refractivity contribution in [3.63, 3.8) is 0 Å².